The van der Waals surface area contributed by atoms with Gasteiger partial charge < -0.3 is 10.3 Å². The summed E-state index contributed by atoms with van der Waals surface area (Å²) < 4.78 is 0. The number of carbonyl (C=O) groups excluding carboxylic acids is 1. The molecule has 0 amide bonds. The molecule has 194 valence electrons. The maximum atomic E-state index is 13.4. The smallest absolute Gasteiger partial charge is 0.269 e. The van der Waals surface area contributed by atoms with Gasteiger partial charge in [0.2, 0.25) is 0 Å². The van der Waals surface area contributed by atoms with Crippen LogP contribution in [0.4, 0.5) is 17.2 Å². The predicted molar refractivity (Wildman–Crippen MR) is 141 cm³/mol. The van der Waals surface area contributed by atoms with Crippen LogP contribution in [0.5, 0.6) is 0 Å². The Morgan fingerprint density at radius 1 is 0.974 bits per heavy atom. The lowest BCUT2D eigenvalue weighted by Gasteiger charge is -2.38. The molecule has 38 heavy (non-hydrogen) atoms. The number of rotatable bonds is 6. The monoisotopic (exact) mass is 533 g/mol. The number of fused-ring (bicyclic) bond motifs is 1. The van der Waals surface area contributed by atoms with Gasteiger partial charge in [0, 0.05) is 53.6 Å². The van der Waals surface area contributed by atoms with Crippen molar-refractivity contribution in [2.24, 2.45) is 5.41 Å². The standard InChI is InChI=1S/C26H23N5O6S/c1-26(2)11-18-21(19(32)12-26)20(15-5-9-17(10-6-15)31(36)37)22-23(27-18)28-25(29-24(22)33)38-13-14-3-7-16(8-4-14)30(34)35/h3-10,20H,11-13H2,1-2H3,(H2,27,28,29,33). The molecule has 3 aromatic rings. The molecule has 0 fully saturated rings. The number of aromatic nitrogens is 2. The Hall–Kier alpha value is -4.32. The van der Waals surface area contributed by atoms with Gasteiger partial charge in [-0.1, -0.05) is 49.9 Å². The Labute approximate surface area is 220 Å². The van der Waals surface area contributed by atoms with Crippen LogP contribution >= 0.6 is 11.8 Å². The summed E-state index contributed by atoms with van der Waals surface area (Å²) in [6, 6.07) is 12.0. The number of ketones is 1. The highest BCUT2D eigenvalue weighted by molar-refractivity contribution is 7.98. The summed E-state index contributed by atoms with van der Waals surface area (Å²) in [6.45, 7) is 4.01. The molecule has 1 unspecified atom stereocenters. The number of carbonyl (C=O) groups is 1. The van der Waals surface area contributed by atoms with Gasteiger partial charge in [0.15, 0.2) is 10.9 Å². The van der Waals surface area contributed by atoms with Crippen LogP contribution < -0.4 is 10.9 Å². The Bertz CT molecular complexity index is 1560. The van der Waals surface area contributed by atoms with Crippen molar-refractivity contribution < 1.29 is 14.6 Å². The molecule has 0 radical (unpaired) electrons. The highest BCUT2D eigenvalue weighted by Gasteiger charge is 2.42. The number of nitrogens with one attached hydrogen (secondary N) is 2. The lowest BCUT2D eigenvalue weighted by atomic mass is 9.69. The molecule has 0 bridgehead atoms. The Balaban J connectivity index is 1.53. The number of allylic oxidation sites excluding steroid dienone is 2. The number of benzene rings is 2. The van der Waals surface area contributed by atoms with Gasteiger partial charge in [0.1, 0.15) is 5.82 Å². The minimum Gasteiger partial charge on any atom is -0.343 e. The van der Waals surface area contributed by atoms with Gasteiger partial charge >= 0.3 is 0 Å². The zero-order chi connectivity index (χ0) is 27.2. The van der Waals surface area contributed by atoms with Crippen LogP contribution in [0.2, 0.25) is 0 Å². The second-order valence-electron chi connectivity index (χ2n) is 10.1. The van der Waals surface area contributed by atoms with E-state index in [1.165, 1.54) is 36.0 Å². The number of aromatic amines is 1. The second-order valence-corrected chi connectivity index (χ2v) is 11.0. The van der Waals surface area contributed by atoms with Gasteiger partial charge in [0.25, 0.3) is 16.9 Å². The first-order valence-electron chi connectivity index (χ1n) is 11.8. The minimum absolute atomic E-state index is 0.00502. The summed E-state index contributed by atoms with van der Waals surface area (Å²) in [5.41, 5.74) is 2.10. The molecule has 1 aliphatic heterocycles. The van der Waals surface area contributed by atoms with Crippen LogP contribution in [0.3, 0.4) is 0 Å². The molecule has 0 saturated heterocycles. The van der Waals surface area contributed by atoms with E-state index < -0.39 is 21.3 Å². The molecule has 2 N–H and O–H groups in total. The maximum absolute atomic E-state index is 13.4. The first-order valence-corrected chi connectivity index (χ1v) is 12.8. The van der Waals surface area contributed by atoms with E-state index in [1.807, 2.05) is 13.8 Å². The van der Waals surface area contributed by atoms with Gasteiger partial charge in [-0.3, -0.25) is 29.8 Å². The normalized spacial score (nSPS) is 17.8. The lowest BCUT2D eigenvalue weighted by Crippen LogP contribution is -2.37. The number of thioether (sulfide) groups is 1. The van der Waals surface area contributed by atoms with E-state index in [-0.39, 0.29) is 28.1 Å². The Morgan fingerprint density at radius 3 is 2.18 bits per heavy atom. The van der Waals surface area contributed by atoms with Crippen molar-refractivity contribution in [1.29, 1.82) is 0 Å². The number of nitrogens with zero attached hydrogens (tertiary/aromatic N) is 3. The molecule has 12 heteroatoms. The van der Waals surface area contributed by atoms with E-state index in [1.54, 1.807) is 24.3 Å². The largest absolute Gasteiger partial charge is 0.343 e. The first kappa shape index (κ1) is 25.3. The van der Waals surface area contributed by atoms with E-state index in [9.17, 15) is 29.8 Å². The zero-order valence-electron chi connectivity index (χ0n) is 20.5. The van der Waals surface area contributed by atoms with E-state index in [0.29, 0.717) is 46.4 Å². The number of hydrogen-bond acceptors (Lipinski definition) is 9. The van der Waals surface area contributed by atoms with Gasteiger partial charge in [-0.05, 0) is 23.0 Å². The molecule has 1 aliphatic carbocycles. The first-order chi connectivity index (χ1) is 18.0. The second kappa shape index (κ2) is 9.53. The number of nitro benzene ring substituents is 2. The average Bonchev–Trinajstić information content (AvgIpc) is 2.85. The van der Waals surface area contributed by atoms with Gasteiger partial charge in [-0.25, -0.2) is 4.98 Å². The van der Waals surface area contributed by atoms with Crippen LogP contribution in [-0.4, -0.2) is 25.6 Å². The van der Waals surface area contributed by atoms with E-state index in [2.05, 4.69) is 15.3 Å². The molecule has 1 aromatic heterocycles. The maximum Gasteiger partial charge on any atom is 0.269 e. The van der Waals surface area contributed by atoms with E-state index >= 15 is 0 Å². The number of non-ortho nitro benzene ring substituents is 2. The molecule has 2 aromatic carbocycles. The number of anilines is 1. The van der Waals surface area contributed by atoms with Crippen molar-refractivity contribution in [2.75, 3.05) is 5.32 Å². The van der Waals surface area contributed by atoms with Crippen molar-refractivity contribution >= 4 is 34.7 Å². The number of H-pyrrole nitrogens is 1. The summed E-state index contributed by atoms with van der Waals surface area (Å²) in [7, 11) is 0. The molecule has 5 rings (SSSR count). The Kier molecular flexibility index (Phi) is 6.35. The molecule has 1 atom stereocenters. The molecule has 0 spiro atoms. The van der Waals surface area contributed by atoms with Crippen LogP contribution in [0.25, 0.3) is 0 Å². The third-order valence-corrected chi connectivity index (χ3v) is 7.60. The van der Waals surface area contributed by atoms with Gasteiger partial charge in [0.05, 0.1) is 15.4 Å². The van der Waals surface area contributed by atoms with Crippen molar-refractivity contribution in [2.45, 2.75) is 43.5 Å². The molecule has 2 aliphatic rings. The fraction of sp³-hybridized carbons (Fsp3) is 0.269. The summed E-state index contributed by atoms with van der Waals surface area (Å²) >= 11 is 1.27. The fourth-order valence-electron chi connectivity index (χ4n) is 4.95. The quantitative estimate of drug-likeness (QED) is 0.190. The van der Waals surface area contributed by atoms with Crippen molar-refractivity contribution in [3.05, 3.63) is 107 Å². The third kappa shape index (κ3) is 4.82. The zero-order valence-corrected chi connectivity index (χ0v) is 21.3. The lowest BCUT2D eigenvalue weighted by molar-refractivity contribution is -0.385. The molecular formula is C26H23N5O6S. The van der Waals surface area contributed by atoms with Gasteiger partial charge in [-0.15, -0.1) is 0 Å². The van der Waals surface area contributed by atoms with Crippen molar-refractivity contribution in [1.82, 2.24) is 9.97 Å². The van der Waals surface area contributed by atoms with Gasteiger partial charge in [-0.2, -0.15) is 0 Å². The average molecular weight is 534 g/mol. The van der Waals surface area contributed by atoms with Crippen LogP contribution in [0.1, 0.15) is 49.3 Å². The summed E-state index contributed by atoms with van der Waals surface area (Å²) in [6.07, 6.45) is 0.900. The minimum atomic E-state index is -0.712. The third-order valence-electron chi connectivity index (χ3n) is 6.66. The van der Waals surface area contributed by atoms with Crippen LogP contribution in [0.15, 0.2) is 69.8 Å². The van der Waals surface area contributed by atoms with Crippen LogP contribution in [-0.2, 0) is 10.5 Å². The van der Waals surface area contributed by atoms with Crippen molar-refractivity contribution in [3.8, 4) is 0 Å². The topological polar surface area (TPSA) is 161 Å². The summed E-state index contributed by atoms with van der Waals surface area (Å²) in [4.78, 5) is 55.3. The van der Waals surface area contributed by atoms with Crippen molar-refractivity contribution in [3.63, 3.8) is 0 Å². The molecule has 2 heterocycles. The number of nitro groups is 2. The highest BCUT2D eigenvalue weighted by Crippen LogP contribution is 2.47. The predicted octanol–water partition coefficient (Wildman–Crippen LogP) is 5.08. The Morgan fingerprint density at radius 2 is 1.58 bits per heavy atom. The van der Waals surface area contributed by atoms with E-state index in [0.717, 1.165) is 5.56 Å². The van der Waals surface area contributed by atoms with E-state index in [4.69, 9.17) is 0 Å². The molecule has 0 saturated carbocycles. The fourth-order valence-corrected chi connectivity index (χ4v) is 5.77. The molecule has 11 nitrogen and oxygen atoms in total. The number of Topliss-reactive ketones (excluding diaryl/α,β-unsaturated/α-hetero) is 1. The SMILES string of the molecule is CC1(C)CC(=O)C2=C(C1)Nc1nc(SCc3ccc([N+](=O)[O-])cc3)[nH]c(=O)c1C2c1ccc([N+](=O)[O-])cc1. The summed E-state index contributed by atoms with van der Waals surface area (Å²) in [5.74, 6) is -0.0257. The highest BCUT2D eigenvalue weighted by atomic mass is 32.2. The van der Waals surface area contributed by atoms with Crippen LogP contribution in [0, 0.1) is 25.6 Å². The molecular weight excluding hydrogens is 510 g/mol. The summed E-state index contributed by atoms with van der Waals surface area (Å²) in [5, 5.41) is 25.7. The number of hydrogen-bond donors (Lipinski definition) is 2.